The Balaban J connectivity index is 1.63. The Hall–Kier alpha value is -1.15. The Bertz CT molecular complexity index is 715. The molecule has 0 unspecified atom stereocenters. The van der Waals surface area contributed by atoms with Gasteiger partial charge < -0.3 is 10.1 Å². The largest absolute Gasteiger partial charge is 0.379 e. The average molecular weight is 457 g/mol. The van der Waals surface area contributed by atoms with Crippen molar-refractivity contribution < 1.29 is 9.53 Å². The monoisotopic (exact) mass is 456 g/mol. The third-order valence-electron chi connectivity index (χ3n) is 3.89. The molecule has 6 heteroatoms. The molecule has 3 rings (SSSR count). The van der Waals surface area contributed by atoms with E-state index >= 15 is 0 Å². The van der Waals surface area contributed by atoms with Crippen LogP contribution in [0, 0.1) is 3.57 Å². The number of amides is 1. The molecule has 1 fully saturated rings. The number of benzene rings is 2. The summed E-state index contributed by atoms with van der Waals surface area (Å²) in [5.74, 6) is -0.195. The zero-order valence-corrected chi connectivity index (χ0v) is 16.0. The highest BCUT2D eigenvalue weighted by Crippen LogP contribution is 2.21. The lowest BCUT2D eigenvalue weighted by Gasteiger charge is -2.26. The second-order valence-electron chi connectivity index (χ2n) is 5.66. The summed E-state index contributed by atoms with van der Waals surface area (Å²) in [5, 5.41) is 3.35. The van der Waals surface area contributed by atoms with E-state index in [1.807, 2.05) is 30.3 Å². The number of morpholine rings is 1. The number of halogens is 2. The van der Waals surface area contributed by atoms with E-state index in [4.69, 9.17) is 16.3 Å². The second-order valence-corrected chi connectivity index (χ2v) is 7.32. The Morgan fingerprint density at radius 3 is 2.58 bits per heavy atom. The topological polar surface area (TPSA) is 41.6 Å². The zero-order valence-electron chi connectivity index (χ0n) is 13.1. The van der Waals surface area contributed by atoms with Crippen molar-refractivity contribution in [1.82, 2.24) is 4.90 Å². The molecule has 1 aliphatic rings. The van der Waals surface area contributed by atoms with Crippen LogP contribution in [0.2, 0.25) is 5.02 Å². The number of rotatable bonds is 4. The van der Waals surface area contributed by atoms with Crippen molar-refractivity contribution in [3.63, 3.8) is 0 Å². The van der Waals surface area contributed by atoms with Crippen LogP contribution in [0.3, 0.4) is 0 Å². The van der Waals surface area contributed by atoms with Gasteiger partial charge in [-0.05, 0) is 58.5 Å². The molecule has 1 N–H and O–H groups in total. The summed E-state index contributed by atoms with van der Waals surface area (Å²) in [7, 11) is 0. The number of anilines is 1. The fourth-order valence-electron chi connectivity index (χ4n) is 2.58. The lowest BCUT2D eigenvalue weighted by molar-refractivity contribution is 0.0342. The predicted molar refractivity (Wildman–Crippen MR) is 105 cm³/mol. The molecule has 0 radical (unpaired) electrons. The van der Waals surface area contributed by atoms with Crippen LogP contribution in [0.5, 0.6) is 0 Å². The molecule has 0 atom stereocenters. The van der Waals surface area contributed by atoms with Crippen molar-refractivity contribution in [3.8, 4) is 0 Å². The van der Waals surface area contributed by atoms with E-state index in [2.05, 4.69) is 32.8 Å². The molecular formula is C18H18ClIN2O2. The highest BCUT2D eigenvalue weighted by Gasteiger charge is 2.12. The summed E-state index contributed by atoms with van der Waals surface area (Å²) in [6.07, 6.45) is 0. The molecule has 126 valence electrons. The first-order chi connectivity index (χ1) is 11.6. The fraction of sp³-hybridized carbons (Fsp3) is 0.278. The van der Waals surface area contributed by atoms with Crippen molar-refractivity contribution in [2.24, 2.45) is 0 Å². The molecule has 0 bridgehead atoms. The van der Waals surface area contributed by atoms with Gasteiger partial charge in [0.1, 0.15) is 0 Å². The van der Waals surface area contributed by atoms with Crippen molar-refractivity contribution in [2.45, 2.75) is 6.54 Å². The number of hydrogen-bond acceptors (Lipinski definition) is 3. The van der Waals surface area contributed by atoms with E-state index in [0.717, 1.165) is 42.1 Å². The number of hydrogen-bond donors (Lipinski definition) is 1. The molecule has 24 heavy (non-hydrogen) atoms. The maximum absolute atomic E-state index is 12.4. The number of nitrogens with one attached hydrogen (secondary N) is 1. The van der Waals surface area contributed by atoms with Gasteiger partial charge in [0.25, 0.3) is 5.91 Å². The van der Waals surface area contributed by atoms with Gasteiger partial charge in [0.05, 0.1) is 23.8 Å². The van der Waals surface area contributed by atoms with Crippen LogP contribution in [0.15, 0.2) is 42.5 Å². The maximum Gasteiger partial charge on any atom is 0.257 e. The minimum Gasteiger partial charge on any atom is -0.379 e. The lowest BCUT2D eigenvalue weighted by atomic mass is 10.1. The van der Waals surface area contributed by atoms with E-state index in [1.54, 1.807) is 12.1 Å². The Morgan fingerprint density at radius 1 is 1.17 bits per heavy atom. The first-order valence-electron chi connectivity index (χ1n) is 7.77. The third kappa shape index (κ3) is 4.69. The van der Waals surface area contributed by atoms with Crippen LogP contribution in [0.1, 0.15) is 15.9 Å². The van der Waals surface area contributed by atoms with Gasteiger partial charge >= 0.3 is 0 Å². The van der Waals surface area contributed by atoms with Crippen molar-refractivity contribution >= 4 is 45.8 Å². The molecule has 1 amide bonds. The van der Waals surface area contributed by atoms with Gasteiger partial charge in [-0.2, -0.15) is 0 Å². The molecule has 0 saturated carbocycles. The summed E-state index contributed by atoms with van der Waals surface area (Å²) >= 11 is 8.28. The minimum atomic E-state index is -0.195. The summed E-state index contributed by atoms with van der Waals surface area (Å²) in [5.41, 5.74) is 2.48. The second kappa shape index (κ2) is 8.29. The number of carbonyl (C=O) groups is 1. The van der Waals surface area contributed by atoms with E-state index in [-0.39, 0.29) is 5.91 Å². The highest BCUT2D eigenvalue weighted by molar-refractivity contribution is 14.1. The predicted octanol–water partition coefficient (Wildman–Crippen LogP) is 4.03. The molecule has 1 saturated heterocycles. The molecule has 0 aromatic heterocycles. The highest BCUT2D eigenvalue weighted by atomic mass is 127. The molecule has 1 heterocycles. The minimum absolute atomic E-state index is 0.195. The van der Waals surface area contributed by atoms with Gasteiger partial charge in [-0.1, -0.05) is 23.7 Å². The molecule has 1 aliphatic heterocycles. The molecule has 0 aliphatic carbocycles. The normalized spacial score (nSPS) is 15.2. The molecular weight excluding hydrogens is 439 g/mol. The van der Waals surface area contributed by atoms with Crippen LogP contribution >= 0.6 is 34.2 Å². The number of ether oxygens (including phenoxy) is 1. The Morgan fingerprint density at radius 2 is 1.88 bits per heavy atom. The van der Waals surface area contributed by atoms with Gasteiger partial charge in [0, 0.05) is 28.9 Å². The van der Waals surface area contributed by atoms with Gasteiger partial charge in [-0.15, -0.1) is 0 Å². The van der Waals surface area contributed by atoms with Crippen molar-refractivity contribution in [1.29, 1.82) is 0 Å². The van der Waals surface area contributed by atoms with Gasteiger partial charge in [0.2, 0.25) is 0 Å². The zero-order chi connectivity index (χ0) is 16.9. The first-order valence-corrected chi connectivity index (χ1v) is 9.23. The van der Waals surface area contributed by atoms with Crippen LogP contribution in [0.25, 0.3) is 0 Å². The fourth-order valence-corrected chi connectivity index (χ4v) is 3.28. The molecule has 0 spiro atoms. The van der Waals surface area contributed by atoms with Crippen LogP contribution in [0.4, 0.5) is 5.69 Å². The van der Waals surface area contributed by atoms with E-state index < -0.39 is 0 Å². The smallest absolute Gasteiger partial charge is 0.257 e. The van der Waals surface area contributed by atoms with Gasteiger partial charge in [-0.25, -0.2) is 0 Å². The van der Waals surface area contributed by atoms with Crippen molar-refractivity contribution in [3.05, 3.63) is 62.2 Å². The SMILES string of the molecule is O=C(Nc1ccc(CN2CCOCC2)cc1)c1cc(I)ccc1Cl. The maximum atomic E-state index is 12.4. The van der Waals surface area contributed by atoms with Crippen LogP contribution in [-0.4, -0.2) is 37.1 Å². The van der Waals surface area contributed by atoms with Crippen LogP contribution in [-0.2, 0) is 11.3 Å². The Kier molecular flexibility index (Phi) is 6.10. The van der Waals surface area contributed by atoms with Crippen molar-refractivity contribution in [2.75, 3.05) is 31.6 Å². The molecule has 2 aromatic rings. The average Bonchev–Trinajstić information content (AvgIpc) is 2.59. The summed E-state index contributed by atoms with van der Waals surface area (Å²) < 4.78 is 6.33. The molecule has 4 nitrogen and oxygen atoms in total. The lowest BCUT2D eigenvalue weighted by Crippen LogP contribution is -2.35. The number of nitrogens with zero attached hydrogens (tertiary/aromatic N) is 1. The van der Waals surface area contributed by atoms with E-state index in [0.29, 0.717) is 10.6 Å². The quantitative estimate of drug-likeness (QED) is 0.707. The standard InChI is InChI=1S/C18H18ClIN2O2/c19-17-6-3-14(20)11-16(17)18(23)21-15-4-1-13(2-5-15)12-22-7-9-24-10-8-22/h1-6,11H,7-10,12H2,(H,21,23). The molecule has 2 aromatic carbocycles. The summed E-state index contributed by atoms with van der Waals surface area (Å²) in [6.45, 7) is 4.42. The Labute approximate surface area is 160 Å². The summed E-state index contributed by atoms with van der Waals surface area (Å²) in [6, 6.07) is 13.3. The van der Waals surface area contributed by atoms with Gasteiger partial charge in [0.15, 0.2) is 0 Å². The van der Waals surface area contributed by atoms with Gasteiger partial charge in [-0.3, -0.25) is 9.69 Å². The first kappa shape index (κ1) is 17.7. The number of carbonyl (C=O) groups excluding carboxylic acids is 1. The van der Waals surface area contributed by atoms with E-state index in [9.17, 15) is 4.79 Å². The van der Waals surface area contributed by atoms with Crippen LogP contribution < -0.4 is 5.32 Å². The van der Waals surface area contributed by atoms with E-state index in [1.165, 1.54) is 5.56 Å². The summed E-state index contributed by atoms with van der Waals surface area (Å²) in [4.78, 5) is 14.7. The third-order valence-corrected chi connectivity index (χ3v) is 4.90.